The Kier molecular flexibility index (Phi) is 6.89. The second kappa shape index (κ2) is 9.17. The van der Waals surface area contributed by atoms with Crippen LogP contribution in [0.2, 0.25) is 0 Å². The Labute approximate surface area is 162 Å². The number of benzene rings is 1. The number of piperidine rings is 1. The minimum atomic E-state index is -3.47. The molecule has 1 aromatic carbocycles. The molecule has 1 heterocycles. The Balaban J connectivity index is 1.38. The largest absolute Gasteiger partial charge is 0.381 e. The van der Waals surface area contributed by atoms with Crippen molar-refractivity contribution in [1.29, 1.82) is 0 Å². The van der Waals surface area contributed by atoms with Crippen molar-refractivity contribution >= 4 is 15.9 Å². The minimum Gasteiger partial charge on any atom is -0.381 e. The van der Waals surface area contributed by atoms with E-state index in [1.54, 1.807) is 24.3 Å². The Morgan fingerprint density at radius 2 is 1.81 bits per heavy atom. The van der Waals surface area contributed by atoms with Gasteiger partial charge in [-0.15, -0.1) is 0 Å². The number of nitrogens with one attached hydrogen (secondary N) is 1. The van der Waals surface area contributed by atoms with Crippen LogP contribution in [-0.2, 0) is 19.6 Å². The fraction of sp³-hybridized carbons (Fsp3) is 0.650. The highest BCUT2D eigenvalue weighted by molar-refractivity contribution is 7.89. The van der Waals surface area contributed by atoms with Crippen LogP contribution >= 0.6 is 0 Å². The number of carbonyl (C=O) groups excluding carboxylic acids is 1. The fourth-order valence-electron chi connectivity index (χ4n) is 3.28. The molecule has 150 valence electrons. The van der Waals surface area contributed by atoms with Crippen molar-refractivity contribution < 1.29 is 17.9 Å². The molecule has 1 aromatic rings. The average Bonchev–Trinajstić information content (AvgIpc) is 3.49. The number of nitrogens with zero attached hydrogens (tertiary/aromatic N) is 1. The summed E-state index contributed by atoms with van der Waals surface area (Å²) in [6, 6.07) is 6.91. The lowest BCUT2D eigenvalue weighted by atomic mass is 9.97. The molecule has 7 heteroatoms. The number of hydrogen-bond acceptors (Lipinski definition) is 4. The molecule has 1 aliphatic heterocycles. The Hall–Kier alpha value is -1.44. The van der Waals surface area contributed by atoms with Gasteiger partial charge in [0.1, 0.15) is 0 Å². The van der Waals surface area contributed by atoms with E-state index in [1.165, 1.54) is 17.1 Å². The summed E-state index contributed by atoms with van der Waals surface area (Å²) in [5, 5.41) is 2.96. The van der Waals surface area contributed by atoms with Gasteiger partial charge in [0.2, 0.25) is 15.9 Å². The van der Waals surface area contributed by atoms with Crippen LogP contribution in [0.4, 0.5) is 0 Å². The van der Waals surface area contributed by atoms with Gasteiger partial charge in [0.05, 0.1) is 4.90 Å². The lowest BCUT2D eigenvalue weighted by Crippen LogP contribution is -2.43. The second-order valence-corrected chi connectivity index (χ2v) is 9.59. The predicted molar refractivity (Wildman–Crippen MR) is 104 cm³/mol. The molecule has 27 heavy (non-hydrogen) atoms. The number of aryl methyl sites for hydroxylation is 1. The number of carbonyl (C=O) groups is 1. The first-order valence-electron chi connectivity index (χ1n) is 9.89. The lowest BCUT2D eigenvalue weighted by molar-refractivity contribution is -0.126. The van der Waals surface area contributed by atoms with Gasteiger partial charge >= 0.3 is 0 Å². The summed E-state index contributed by atoms with van der Waals surface area (Å²) in [6.45, 7) is 4.86. The molecule has 1 saturated heterocycles. The van der Waals surface area contributed by atoms with Crippen LogP contribution in [0.3, 0.4) is 0 Å². The minimum absolute atomic E-state index is 0.0320. The van der Waals surface area contributed by atoms with Gasteiger partial charge in [-0.25, -0.2) is 8.42 Å². The molecule has 3 rings (SSSR count). The van der Waals surface area contributed by atoms with Gasteiger partial charge in [0.25, 0.3) is 0 Å². The first-order chi connectivity index (χ1) is 13.0. The molecule has 1 aliphatic carbocycles. The van der Waals surface area contributed by atoms with Crippen LogP contribution in [0.25, 0.3) is 0 Å². The van der Waals surface area contributed by atoms with E-state index in [0.717, 1.165) is 24.5 Å². The van der Waals surface area contributed by atoms with Crippen molar-refractivity contribution in [3.8, 4) is 0 Å². The topological polar surface area (TPSA) is 75.7 Å². The molecule has 0 spiro atoms. The quantitative estimate of drug-likeness (QED) is 0.652. The van der Waals surface area contributed by atoms with Crippen molar-refractivity contribution in [3.05, 3.63) is 29.8 Å². The van der Waals surface area contributed by atoms with Gasteiger partial charge in [-0.2, -0.15) is 4.31 Å². The van der Waals surface area contributed by atoms with E-state index in [9.17, 15) is 13.2 Å². The van der Waals surface area contributed by atoms with E-state index in [0.29, 0.717) is 44.0 Å². The average molecular weight is 395 g/mol. The maximum absolute atomic E-state index is 12.7. The third kappa shape index (κ3) is 5.77. The zero-order valence-corrected chi connectivity index (χ0v) is 16.8. The van der Waals surface area contributed by atoms with Gasteiger partial charge < -0.3 is 10.1 Å². The van der Waals surface area contributed by atoms with Gasteiger partial charge in [-0.1, -0.05) is 17.7 Å². The Morgan fingerprint density at radius 1 is 1.15 bits per heavy atom. The molecule has 0 bridgehead atoms. The Morgan fingerprint density at radius 3 is 2.44 bits per heavy atom. The summed E-state index contributed by atoms with van der Waals surface area (Å²) in [6.07, 6.45) is 4.52. The molecule has 0 radical (unpaired) electrons. The number of hydrogen-bond donors (Lipinski definition) is 1. The van der Waals surface area contributed by atoms with Crippen molar-refractivity contribution in [2.24, 2.45) is 11.8 Å². The summed E-state index contributed by atoms with van der Waals surface area (Å²) >= 11 is 0. The summed E-state index contributed by atoms with van der Waals surface area (Å²) in [5.41, 5.74) is 1.03. The summed E-state index contributed by atoms with van der Waals surface area (Å²) in [7, 11) is -3.47. The second-order valence-electron chi connectivity index (χ2n) is 7.65. The first-order valence-corrected chi connectivity index (χ1v) is 11.3. The van der Waals surface area contributed by atoms with Crippen molar-refractivity contribution in [3.63, 3.8) is 0 Å². The van der Waals surface area contributed by atoms with E-state index in [2.05, 4.69) is 5.32 Å². The molecule has 1 N–H and O–H groups in total. The van der Waals surface area contributed by atoms with Crippen LogP contribution in [0, 0.1) is 18.8 Å². The number of amides is 1. The maximum atomic E-state index is 12.7. The van der Waals surface area contributed by atoms with Crippen molar-refractivity contribution in [2.75, 3.05) is 32.8 Å². The standard InChI is InChI=1S/C20H30N2O4S/c1-16-3-7-19(8-4-16)27(24,25)22-12-9-18(10-13-22)20(23)21-11-2-14-26-15-17-5-6-17/h3-4,7-8,17-18H,2,5-6,9-15H2,1H3,(H,21,23). The molecule has 1 amide bonds. The summed E-state index contributed by atoms with van der Waals surface area (Å²) < 4.78 is 32.5. The fourth-order valence-corrected chi connectivity index (χ4v) is 4.75. The first kappa shape index (κ1) is 20.3. The van der Waals surface area contributed by atoms with E-state index in [-0.39, 0.29) is 11.8 Å². The smallest absolute Gasteiger partial charge is 0.243 e. The lowest BCUT2D eigenvalue weighted by Gasteiger charge is -2.30. The number of sulfonamides is 1. The van der Waals surface area contributed by atoms with Crippen LogP contribution in [-0.4, -0.2) is 51.5 Å². The SMILES string of the molecule is Cc1ccc(S(=O)(=O)N2CCC(C(=O)NCCCOCC3CC3)CC2)cc1. The normalized spacial score (nSPS) is 19.1. The van der Waals surface area contributed by atoms with Crippen LogP contribution in [0.5, 0.6) is 0 Å². The molecule has 0 aromatic heterocycles. The Bertz CT molecular complexity index is 721. The summed E-state index contributed by atoms with van der Waals surface area (Å²) in [4.78, 5) is 12.6. The predicted octanol–water partition coefficient (Wildman–Crippen LogP) is 2.33. The molecule has 0 unspecified atom stereocenters. The van der Waals surface area contributed by atoms with Gasteiger partial charge in [0.15, 0.2) is 0 Å². The van der Waals surface area contributed by atoms with Crippen molar-refractivity contribution in [2.45, 2.75) is 43.9 Å². The third-order valence-corrected chi connectivity index (χ3v) is 7.21. The van der Waals surface area contributed by atoms with Gasteiger partial charge in [-0.05, 0) is 57.1 Å². The van der Waals surface area contributed by atoms with E-state index in [1.807, 2.05) is 6.92 Å². The molecular weight excluding hydrogens is 364 g/mol. The molecule has 2 fully saturated rings. The maximum Gasteiger partial charge on any atom is 0.243 e. The number of rotatable bonds is 9. The van der Waals surface area contributed by atoms with E-state index >= 15 is 0 Å². The summed E-state index contributed by atoms with van der Waals surface area (Å²) in [5.74, 6) is 0.687. The van der Waals surface area contributed by atoms with Crippen LogP contribution < -0.4 is 5.32 Å². The molecule has 0 atom stereocenters. The highest BCUT2D eigenvalue weighted by Gasteiger charge is 2.31. The zero-order valence-electron chi connectivity index (χ0n) is 16.0. The molecule has 1 saturated carbocycles. The third-order valence-electron chi connectivity index (χ3n) is 5.30. The monoisotopic (exact) mass is 394 g/mol. The molecular formula is C20H30N2O4S. The van der Waals surface area contributed by atoms with Crippen molar-refractivity contribution in [1.82, 2.24) is 9.62 Å². The van der Waals surface area contributed by atoms with E-state index < -0.39 is 10.0 Å². The number of ether oxygens (including phenoxy) is 1. The highest BCUT2D eigenvalue weighted by Crippen LogP contribution is 2.28. The van der Waals surface area contributed by atoms with Gasteiger partial charge in [-0.3, -0.25) is 4.79 Å². The van der Waals surface area contributed by atoms with E-state index in [4.69, 9.17) is 4.74 Å². The van der Waals surface area contributed by atoms with Crippen LogP contribution in [0.15, 0.2) is 29.2 Å². The molecule has 2 aliphatic rings. The van der Waals surface area contributed by atoms with Gasteiger partial charge in [0, 0.05) is 38.8 Å². The molecule has 6 nitrogen and oxygen atoms in total. The van der Waals surface area contributed by atoms with Crippen LogP contribution in [0.1, 0.15) is 37.7 Å². The highest BCUT2D eigenvalue weighted by atomic mass is 32.2. The zero-order chi connectivity index (χ0) is 19.3.